The van der Waals surface area contributed by atoms with E-state index in [0.717, 1.165) is 19.4 Å². The molecule has 4 nitrogen and oxygen atoms in total. The molecule has 0 amide bonds. The van der Waals surface area contributed by atoms with Crippen LogP contribution in [0.25, 0.3) is 0 Å². The van der Waals surface area contributed by atoms with Gasteiger partial charge in [0.1, 0.15) is 0 Å². The first-order chi connectivity index (χ1) is 7.01. The highest BCUT2D eigenvalue weighted by atomic mass is 35.7. The number of hydrogen-bond acceptors (Lipinski definition) is 4. The Morgan fingerprint density at radius 3 is 2.80 bits per heavy atom. The van der Waals surface area contributed by atoms with Gasteiger partial charge >= 0.3 is 0 Å². The summed E-state index contributed by atoms with van der Waals surface area (Å²) in [6.45, 7) is 3.72. The van der Waals surface area contributed by atoms with E-state index in [-0.39, 0.29) is 17.8 Å². The Labute approximate surface area is 95.3 Å². The van der Waals surface area contributed by atoms with Gasteiger partial charge in [-0.2, -0.15) is 0 Å². The molecule has 15 heavy (non-hydrogen) atoms. The van der Waals surface area contributed by atoms with Gasteiger partial charge in [0.05, 0.1) is 25.1 Å². The molecule has 0 bridgehead atoms. The van der Waals surface area contributed by atoms with Gasteiger partial charge in [-0.25, -0.2) is 8.42 Å². The minimum Gasteiger partial charge on any atom is -0.379 e. The molecule has 0 aliphatic carbocycles. The van der Waals surface area contributed by atoms with Crippen molar-refractivity contribution in [3.05, 3.63) is 0 Å². The Morgan fingerprint density at radius 1 is 1.60 bits per heavy atom. The Morgan fingerprint density at radius 2 is 2.33 bits per heavy atom. The van der Waals surface area contributed by atoms with Gasteiger partial charge in [0.2, 0.25) is 9.05 Å². The summed E-state index contributed by atoms with van der Waals surface area (Å²) in [4.78, 5) is 0. The van der Waals surface area contributed by atoms with Crippen molar-refractivity contribution in [1.82, 2.24) is 0 Å². The molecule has 0 aromatic heterocycles. The van der Waals surface area contributed by atoms with E-state index in [0.29, 0.717) is 13.2 Å². The van der Waals surface area contributed by atoms with E-state index in [9.17, 15) is 8.42 Å². The number of hydrogen-bond donors (Lipinski definition) is 0. The minimum absolute atomic E-state index is 0.0152. The molecule has 1 aliphatic heterocycles. The van der Waals surface area contributed by atoms with E-state index < -0.39 is 9.05 Å². The van der Waals surface area contributed by atoms with E-state index in [1.165, 1.54) is 0 Å². The third kappa shape index (κ3) is 5.70. The first kappa shape index (κ1) is 13.2. The number of halogens is 1. The Hall–Kier alpha value is 0.160. The maximum absolute atomic E-state index is 10.9. The van der Waals surface area contributed by atoms with Crippen molar-refractivity contribution < 1.29 is 17.9 Å². The first-order valence-electron chi connectivity index (χ1n) is 5.13. The van der Waals surface area contributed by atoms with Gasteiger partial charge in [0.15, 0.2) is 0 Å². The van der Waals surface area contributed by atoms with Crippen LogP contribution in [0.3, 0.4) is 0 Å². The Bertz CT molecular complexity index is 272. The Kier molecular flexibility index (Phi) is 5.32. The zero-order valence-electron chi connectivity index (χ0n) is 8.82. The standard InChI is InChI=1S/C9H17ClO4S/c1-2-8(7-15(10,11)12)5-14-9-3-4-13-6-9/h8-9H,2-7H2,1H3. The van der Waals surface area contributed by atoms with Crippen LogP contribution in [-0.4, -0.2) is 40.1 Å². The van der Waals surface area contributed by atoms with Gasteiger partial charge in [0.25, 0.3) is 0 Å². The van der Waals surface area contributed by atoms with Crippen molar-refractivity contribution in [1.29, 1.82) is 0 Å². The minimum atomic E-state index is -3.42. The summed E-state index contributed by atoms with van der Waals surface area (Å²) in [7, 11) is 1.77. The normalized spacial score (nSPS) is 24.3. The summed E-state index contributed by atoms with van der Waals surface area (Å²) >= 11 is 0. The SMILES string of the molecule is CCC(COC1CCOC1)CS(=O)(=O)Cl. The molecular formula is C9H17ClO4S. The van der Waals surface area contributed by atoms with Crippen LogP contribution >= 0.6 is 10.7 Å². The summed E-state index contributed by atoms with van der Waals surface area (Å²) < 4.78 is 32.5. The molecule has 0 saturated carbocycles. The molecule has 90 valence electrons. The van der Waals surface area contributed by atoms with E-state index in [1.54, 1.807) is 0 Å². The lowest BCUT2D eigenvalue weighted by Gasteiger charge is -2.16. The fourth-order valence-corrected chi connectivity index (χ4v) is 2.91. The van der Waals surface area contributed by atoms with Crippen LogP contribution < -0.4 is 0 Å². The molecule has 6 heteroatoms. The monoisotopic (exact) mass is 256 g/mol. The molecule has 1 saturated heterocycles. The lowest BCUT2D eigenvalue weighted by molar-refractivity contribution is 0.0251. The molecule has 1 fully saturated rings. The molecule has 0 spiro atoms. The summed E-state index contributed by atoms with van der Waals surface area (Å²) in [5.74, 6) is -0.0355. The maximum Gasteiger partial charge on any atom is 0.232 e. The van der Waals surface area contributed by atoms with Crippen molar-refractivity contribution in [2.45, 2.75) is 25.9 Å². The van der Waals surface area contributed by atoms with Gasteiger partial charge in [-0.15, -0.1) is 0 Å². The smallest absolute Gasteiger partial charge is 0.232 e. The van der Waals surface area contributed by atoms with Crippen LogP contribution in [-0.2, 0) is 18.5 Å². The molecule has 0 N–H and O–H groups in total. The summed E-state index contributed by atoms with van der Waals surface area (Å²) in [5.41, 5.74) is 0. The second-order valence-electron chi connectivity index (χ2n) is 3.80. The lowest BCUT2D eigenvalue weighted by atomic mass is 10.1. The molecule has 0 aromatic carbocycles. The molecule has 1 rings (SSSR count). The molecule has 1 aliphatic rings. The fourth-order valence-electron chi connectivity index (χ4n) is 1.48. The average molecular weight is 257 g/mol. The highest BCUT2D eigenvalue weighted by Gasteiger charge is 2.20. The molecule has 0 radical (unpaired) electrons. The second-order valence-corrected chi connectivity index (χ2v) is 6.62. The Balaban J connectivity index is 2.27. The lowest BCUT2D eigenvalue weighted by Crippen LogP contribution is -2.22. The third-order valence-corrected chi connectivity index (χ3v) is 3.72. The van der Waals surface area contributed by atoms with Crippen LogP contribution in [0.1, 0.15) is 19.8 Å². The number of ether oxygens (including phenoxy) is 2. The van der Waals surface area contributed by atoms with Crippen molar-refractivity contribution in [2.75, 3.05) is 25.6 Å². The predicted molar refractivity (Wildman–Crippen MR) is 58.6 cm³/mol. The van der Waals surface area contributed by atoms with E-state index in [4.69, 9.17) is 20.2 Å². The van der Waals surface area contributed by atoms with Crippen LogP contribution in [0.15, 0.2) is 0 Å². The second kappa shape index (κ2) is 6.03. The van der Waals surface area contributed by atoms with E-state index in [2.05, 4.69) is 0 Å². The van der Waals surface area contributed by atoms with Crippen molar-refractivity contribution in [3.8, 4) is 0 Å². The number of rotatable bonds is 6. The van der Waals surface area contributed by atoms with Gasteiger partial charge in [-0.3, -0.25) is 0 Å². The van der Waals surface area contributed by atoms with E-state index in [1.807, 2.05) is 6.92 Å². The highest BCUT2D eigenvalue weighted by Crippen LogP contribution is 2.14. The van der Waals surface area contributed by atoms with E-state index >= 15 is 0 Å². The van der Waals surface area contributed by atoms with Crippen molar-refractivity contribution in [3.63, 3.8) is 0 Å². The molecule has 1 heterocycles. The molecular weight excluding hydrogens is 240 g/mol. The highest BCUT2D eigenvalue weighted by molar-refractivity contribution is 8.13. The fraction of sp³-hybridized carbons (Fsp3) is 1.00. The topological polar surface area (TPSA) is 52.6 Å². The van der Waals surface area contributed by atoms with Crippen LogP contribution in [0.2, 0.25) is 0 Å². The zero-order valence-corrected chi connectivity index (χ0v) is 10.4. The predicted octanol–water partition coefficient (Wildman–Crippen LogP) is 1.39. The third-order valence-electron chi connectivity index (χ3n) is 2.47. The van der Waals surface area contributed by atoms with Crippen LogP contribution in [0, 0.1) is 5.92 Å². The molecule has 0 aromatic rings. The van der Waals surface area contributed by atoms with Gasteiger partial charge in [-0.05, 0) is 12.3 Å². The first-order valence-corrected chi connectivity index (χ1v) is 7.60. The summed E-state index contributed by atoms with van der Waals surface area (Å²) in [6, 6.07) is 0. The van der Waals surface area contributed by atoms with Gasteiger partial charge in [-0.1, -0.05) is 13.3 Å². The zero-order chi connectivity index (χ0) is 11.3. The molecule has 2 atom stereocenters. The van der Waals surface area contributed by atoms with Gasteiger partial charge in [0, 0.05) is 17.3 Å². The largest absolute Gasteiger partial charge is 0.379 e. The quantitative estimate of drug-likeness (QED) is 0.674. The van der Waals surface area contributed by atoms with Crippen LogP contribution in [0.4, 0.5) is 0 Å². The molecule has 2 unspecified atom stereocenters. The van der Waals surface area contributed by atoms with Crippen molar-refractivity contribution in [2.24, 2.45) is 5.92 Å². The van der Waals surface area contributed by atoms with Gasteiger partial charge < -0.3 is 9.47 Å². The van der Waals surface area contributed by atoms with Crippen LogP contribution in [0.5, 0.6) is 0 Å². The summed E-state index contributed by atoms with van der Waals surface area (Å²) in [5, 5.41) is 0. The summed E-state index contributed by atoms with van der Waals surface area (Å²) in [6.07, 6.45) is 1.76. The van der Waals surface area contributed by atoms with Crippen molar-refractivity contribution >= 4 is 19.7 Å². The maximum atomic E-state index is 10.9. The average Bonchev–Trinajstić information content (AvgIpc) is 2.62.